The summed E-state index contributed by atoms with van der Waals surface area (Å²) in [6.45, 7) is 0.654. The molecule has 0 aliphatic heterocycles. The molecule has 0 unspecified atom stereocenters. The average molecular weight is 251 g/mol. The van der Waals surface area contributed by atoms with Gasteiger partial charge in [-0.15, -0.1) is 11.6 Å². The maximum Gasteiger partial charge on any atom is 0.127 e. The van der Waals surface area contributed by atoms with Gasteiger partial charge in [0, 0.05) is 16.7 Å². The van der Waals surface area contributed by atoms with Gasteiger partial charge in [0.1, 0.15) is 11.5 Å². The molecule has 0 saturated carbocycles. The number of hydrogen-bond acceptors (Lipinski definition) is 2. The lowest BCUT2D eigenvalue weighted by molar-refractivity contribution is 0.313. The van der Waals surface area contributed by atoms with Crippen LogP contribution in [0, 0.1) is 0 Å². The molecule has 2 nitrogen and oxygen atoms in total. The molecule has 0 spiro atoms. The third-order valence-corrected chi connectivity index (χ3v) is 2.91. The topological polar surface area (TPSA) is 29.5 Å². The number of unbranched alkanes of at least 4 members (excludes halogenated alkanes) is 1. The smallest absolute Gasteiger partial charge is 0.127 e. The van der Waals surface area contributed by atoms with Crippen LogP contribution >= 0.6 is 11.6 Å². The summed E-state index contributed by atoms with van der Waals surface area (Å²) < 4.78 is 5.71. The summed E-state index contributed by atoms with van der Waals surface area (Å²) in [7, 11) is 0. The molecule has 0 amide bonds. The van der Waals surface area contributed by atoms with E-state index in [0.717, 1.165) is 29.4 Å². The molecule has 0 atom stereocenters. The molecule has 0 bridgehead atoms. The summed E-state index contributed by atoms with van der Waals surface area (Å²) in [5.74, 6) is 1.77. The number of fused-ring (bicyclic) bond motifs is 1. The average Bonchev–Trinajstić information content (AvgIpc) is 2.37. The zero-order valence-corrected chi connectivity index (χ0v) is 10.3. The molecule has 1 N–H and O–H groups in total. The first kappa shape index (κ1) is 12.1. The Morgan fingerprint density at radius 2 is 1.76 bits per heavy atom. The Bertz CT molecular complexity index is 497. The second-order valence-electron chi connectivity index (χ2n) is 3.87. The van der Waals surface area contributed by atoms with Crippen molar-refractivity contribution in [2.75, 3.05) is 12.5 Å². The number of halogens is 1. The van der Waals surface area contributed by atoms with Crippen LogP contribution in [0.3, 0.4) is 0 Å². The van der Waals surface area contributed by atoms with Gasteiger partial charge in [-0.3, -0.25) is 0 Å². The molecule has 0 saturated heterocycles. The molecule has 2 rings (SSSR count). The summed E-state index contributed by atoms with van der Waals surface area (Å²) in [5.41, 5.74) is 0. The Morgan fingerprint density at radius 1 is 1.00 bits per heavy atom. The van der Waals surface area contributed by atoms with E-state index in [-0.39, 0.29) is 5.75 Å². The fourth-order valence-electron chi connectivity index (χ4n) is 1.76. The number of phenolic OH excluding ortho intramolecular Hbond substituents is 1. The van der Waals surface area contributed by atoms with Crippen LogP contribution in [0.4, 0.5) is 0 Å². The Labute approximate surface area is 106 Å². The van der Waals surface area contributed by atoms with E-state index in [2.05, 4.69) is 0 Å². The minimum atomic E-state index is 0.286. The number of alkyl halides is 1. The van der Waals surface area contributed by atoms with Gasteiger partial charge in [0.15, 0.2) is 0 Å². The number of rotatable bonds is 5. The molecule has 0 heterocycles. The van der Waals surface area contributed by atoms with Crippen LogP contribution in [0.2, 0.25) is 0 Å². The predicted molar refractivity (Wildman–Crippen MR) is 71.1 cm³/mol. The van der Waals surface area contributed by atoms with Gasteiger partial charge in [0.05, 0.1) is 6.61 Å². The van der Waals surface area contributed by atoms with Gasteiger partial charge in [0.2, 0.25) is 0 Å². The Morgan fingerprint density at radius 3 is 2.53 bits per heavy atom. The summed E-state index contributed by atoms with van der Waals surface area (Å²) in [6, 6.07) is 11.1. The Kier molecular flexibility index (Phi) is 4.10. The van der Waals surface area contributed by atoms with E-state index in [1.165, 1.54) is 0 Å². The van der Waals surface area contributed by atoms with Crippen molar-refractivity contribution in [1.82, 2.24) is 0 Å². The van der Waals surface area contributed by atoms with Crippen molar-refractivity contribution in [3.05, 3.63) is 36.4 Å². The first-order valence-corrected chi connectivity index (χ1v) is 6.26. The van der Waals surface area contributed by atoms with Crippen molar-refractivity contribution in [2.24, 2.45) is 0 Å². The number of phenols is 1. The van der Waals surface area contributed by atoms with E-state index in [9.17, 15) is 5.11 Å². The highest BCUT2D eigenvalue weighted by Gasteiger charge is 2.05. The molecule has 0 aliphatic carbocycles. The number of ether oxygens (including phenoxy) is 1. The van der Waals surface area contributed by atoms with E-state index >= 15 is 0 Å². The van der Waals surface area contributed by atoms with E-state index < -0.39 is 0 Å². The predicted octanol–water partition coefficient (Wildman–Crippen LogP) is 3.94. The maximum atomic E-state index is 9.73. The molecule has 90 valence electrons. The van der Waals surface area contributed by atoms with Crippen LogP contribution in [-0.4, -0.2) is 17.6 Å². The van der Waals surface area contributed by atoms with Crippen molar-refractivity contribution in [3.8, 4) is 11.5 Å². The summed E-state index contributed by atoms with van der Waals surface area (Å²) in [4.78, 5) is 0. The maximum absolute atomic E-state index is 9.73. The van der Waals surface area contributed by atoms with Crippen LogP contribution < -0.4 is 4.74 Å². The number of aromatic hydroxyl groups is 1. The third kappa shape index (κ3) is 2.83. The highest BCUT2D eigenvalue weighted by molar-refractivity contribution is 6.17. The van der Waals surface area contributed by atoms with Gasteiger partial charge >= 0.3 is 0 Å². The lowest BCUT2D eigenvalue weighted by atomic mass is 10.1. The molecule has 17 heavy (non-hydrogen) atoms. The molecule has 0 aromatic heterocycles. The van der Waals surface area contributed by atoms with Gasteiger partial charge in [-0.25, -0.2) is 0 Å². The minimum absolute atomic E-state index is 0.286. The van der Waals surface area contributed by atoms with Crippen LogP contribution in [0.25, 0.3) is 10.8 Å². The first-order valence-electron chi connectivity index (χ1n) is 5.72. The van der Waals surface area contributed by atoms with Crippen LogP contribution in [0.5, 0.6) is 11.5 Å². The Hall–Kier alpha value is -1.41. The SMILES string of the molecule is Oc1ccc(OCCCCCl)c2ccccc12. The first-order chi connectivity index (χ1) is 8.33. The molecule has 0 fully saturated rings. The lowest BCUT2D eigenvalue weighted by Crippen LogP contribution is -1.98. The van der Waals surface area contributed by atoms with Gasteiger partial charge in [-0.05, 0) is 25.0 Å². The van der Waals surface area contributed by atoms with Gasteiger partial charge in [-0.2, -0.15) is 0 Å². The zero-order valence-electron chi connectivity index (χ0n) is 9.53. The van der Waals surface area contributed by atoms with E-state index in [1.807, 2.05) is 24.3 Å². The van der Waals surface area contributed by atoms with E-state index in [1.54, 1.807) is 12.1 Å². The standard InChI is InChI=1S/C14H15ClO2/c15-9-3-4-10-17-14-8-7-13(16)11-5-1-2-6-12(11)14/h1-2,5-8,16H,3-4,9-10H2. The molecular formula is C14H15ClO2. The summed E-state index contributed by atoms with van der Waals surface area (Å²) in [6.07, 6.45) is 1.90. The molecular weight excluding hydrogens is 236 g/mol. The highest BCUT2D eigenvalue weighted by Crippen LogP contribution is 2.32. The Balaban J connectivity index is 2.20. The normalized spacial score (nSPS) is 10.6. The van der Waals surface area contributed by atoms with Crippen molar-refractivity contribution >= 4 is 22.4 Å². The van der Waals surface area contributed by atoms with Crippen LogP contribution in [-0.2, 0) is 0 Å². The number of hydrogen-bond donors (Lipinski definition) is 1. The largest absolute Gasteiger partial charge is 0.507 e. The lowest BCUT2D eigenvalue weighted by Gasteiger charge is -2.09. The fourth-order valence-corrected chi connectivity index (χ4v) is 1.95. The minimum Gasteiger partial charge on any atom is -0.507 e. The van der Waals surface area contributed by atoms with Gasteiger partial charge < -0.3 is 9.84 Å². The third-order valence-electron chi connectivity index (χ3n) is 2.65. The fraction of sp³-hybridized carbons (Fsp3) is 0.286. The zero-order chi connectivity index (χ0) is 12.1. The summed E-state index contributed by atoms with van der Waals surface area (Å²) in [5, 5.41) is 11.5. The molecule has 0 aliphatic rings. The number of benzene rings is 2. The van der Waals surface area contributed by atoms with Crippen molar-refractivity contribution in [2.45, 2.75) is 12.8 Å². The van der Waals surface area contributed by atoms with Crippen molar-refractivity contribution < 1.29 is 9.84 Å². The monoisotopic (exact) mass is 250 g/mol. The van der Waals surface area contributed by atoms with Crippen molar-refractivity contribution in [3.63, 3.8) is 0 Å². The van der Waals surface area contributed by atoms with E-state index in [0.29, 0.717) is 12.5 Å². The van der Waals surface area contributed by atoms with Gasteiger partial charge in [-0.1, -0.05) is 24.3 Å². The molecule has 2 aromatic rings. The quantitative estimate of drug-likeness (QED) is 0.643. The molecule has 3 heteroatoms. The van der Waals surface area contributed by atoms with Crippen LogP contribution in [0.1, 0.15) is 12.8 Å². The molecule has 0 radical (unpaired) electrons. The second-order valence-corrected chi connectivity index (χ2v) is 4.25. The summed E-state index contributed by atoms with van der Waals surface area (Å²) >= 11 is 5.61. The second kappa shape index (κ2) is 5.78. The highest BCUT2D eigenvalue weighted by atomic mass is 35.5. The van der Waals surface area contributed by atoms with E-state index in [4.69, 9.17) is 16.3 Å². The van der Waals surface area contributed by atoms with Crippen LogP contribution in [0.15, 0.2) is 36.4 Å². The van der Waals surface area contributed by atoms with Crippen molar-refractivity contribution in [1.29, 1.82) is 0 Å². The van der Waals surface area contributed by atoms with Gasteiger partial charge in [0.25, 0.3) is 0 Å². The molecule has 2 aromatic carbocycles.